The number of H-pyrrole nitrogens is 1. The Morgan fingerprint density at radius 2 is 1.64 bits per heavy atom. The zero-order chi connectivity index (χ0) is 31.1. The van der Waals surface area contributed by atoms with E-state index in [1.54, 1.807) is 6.07 Å². The first kappa shape index (κ1) is 29.1. The van der Waals surface area contributed by atoms with E-state index < -0.39 is 11.7 Å². The lowest BCUT2D eigenvalue weighted by Gasteiger charge is -2.35. The van der Waals surface area contributed by atoms with E-state index in [4.69, 9.17) is 5.73 Å². The number of hydrogen-bond acceptors (Lipinski definition) is 4. The number of carbonyl (C=O) groups excluding carboxylic acids is 3. The van der Waals surface area contributed by atoms with Crippen molar-refractivity contribution in [2.24, 2.45) is 5.73 Å². The summed E-state index contributed by atoms with van der Waals surface area (Å²) in [6.07, 6.45) is 1.86. The van der Waals surface area contributed by atoms with Gasteiger partial charge >= 0.3 is 0 Å². The quantitative estimate of drug-likeness (QED) is 0.227. The van der Waals surface area contributed by atoms with E-state index in [-0.39, 0.29) is 11.8 Å². The third-order valence-corrected chi connectivity index (χ3v) is 8.73. The first-order valence-corrected chi connectivity index (χ1v) is 14.6. The number of amides is 3. The van der Waals surface area contributed by atoms with E-state index in [1.165, 1.54) is 24.3 Å². The highest BCUT2D eigenvalue weighted by Gasteiger charge is 2.26. The van der Waals surface area contributed by atoms with Crippen LogP contribution in [0.3, 0.4) is 0 Å². The Morgan fingerprint density at radius 1 is 0.932 bits per heavy atom. The van der Waals surface area contributed by atoms with Gasteiger partial charge in [0.1, 0.15) is 5.82 Å². The van der Waals surface area contributed by atoms with Crippen molar-refractivity contribution < 1.29 is 18.8 Å². The summed E-state index contributed by atoms with van der Waals surface area (Å²) >= 11 is 0. The largest absolute Gasteiger partial charge is 0.366 e. The Labute approximate surface area is 254 Å². The van der Waals surface area contributed by atoms with Crippen LogP contribution in [0.15, 0.2) is 72.8 Å². The normalized spacial score (nSPS) is 14.0. The highest BCUT2D eigenvalue weighted by Crippen LogP contribution is 2.39. The number of benzene rings is 4. The molecule has 4 aromatic carbocycles. The van der Waals surface area contributed by atoms with E-state index in [2.05, 4.69) is 29.3 Å². The number of piperidine rings is 1. The van der Waals surface area contributed by atoms with Crippen LogP contribution in [0.2, 0.25) is 0 Å². The van der Waals surface area contributed by atoms with Gasteiger partial charge in [-0.25, -0.2) is 4.39 Å². The molecular formula is C35H34FN5O3. The number of nitrogens with two attached hydrogens (primary N) is 1. The van der Waals surface area contributed by atoms with Crippen LogP contribution in [-0.2, 0) is 0 Å². The molecule has 1 fully saturated rings. The fourth-order valence-electron chi connectivity index (χ4n) is 6.20. The van der Waals surface area contributed by atoms with E-state index in [9.17, 15) is 18.8 Å². The minimum Gasteiger partial charge on any atom is -0.366 e. The van der Waals surface area contributed by atoms with Gasteiger partial charge in [0.15, 0.2) is 0 Å². The second kappa shape index (κ2) is 11.6. The van der Waals surface area contributed by atoms with Crippen LogP contribution < -0.4 is 11.1 Å². The average molecular weight is 592 g/mol. The molecule has 1 aliphatic rings. The van der Waals surface area contributed by atoms with Crippen LogP contribution in [0, 0.1) is 12.7 Å². The third kappa shape index (κ3) is 5.31. The number of halogens is 1. The van der Waals surface area contributed by atoms with Crippen LogP contribution in [0.5, 0.6) is 0 Å². The number of anilines is 1. The summed E-state index contributed by atoms with van der Waals surface area (Å²) in [4.78, 5) is 46.3. The van der Waals surface area contributed by atoms with Gasteiger partial charge in [0, 0.05) is 52.2 Å². The minimum absolute atomic E-state index is 0.0152. The number of rotatable bonds is 6. The van der Waals surface area contributed by atoms with Gasteiger partial charge < -0.3 is 25.8 Å². The molecule has 0 atom stereocenters. The molecule has 0 unspecified atom stereocenters. The number of fused-ring (bicyclic) bond motifs is 3. The van der Waals surface area contributed by atoms with Gasteiger partial charge in [0.05, 0.1) is 11.1 Å². The van der Waals surface area contributed by atoms with Crippen molar-refractivity contribution in [3.8, 4) is 11.1 Å². The average Bonchev–Trinajstić information content (AvgIpc) is 3.40. The smallest absolute Gasteiger partial charge is 0.255 e. The van der Waals surface area contributed by atoms with Crippen molar-refractivity contribution in [3.63, 3.8) is 0 Å². The minimum atomic E-state index is -0.565. The van der Waals surface area contributed by atoms with Crippen LogP contribution in [0.25, 0.3) is 32.9 Å². The van der Waals surface area contributed by atoms with Crippen molar-refractivity contribution in [2.75, 3.05) is 32.5 Å². The van der Waals surface area contributed by atoms with Crippen LogP contribution in [0.4, 0.5) is 10.1 Å². The molecule has 224 valence electrons. The molecule has 0 aliphatic carbocycles. The molecule has 6 rings (SSSR count). The topological polar surface area (TPSA) is 112 Å². The number of carbonyl (C=O) groups is 3. The van der Waals surface area contributed by atoms with Gasteiger partial charge in [-0.05, 0) is 99.1 Å². The van der Waals surface area contributed by atoms with Crippen molar-refractivity contribution in [1.29, 1.82) is 0 Å². The summed E-state index contributed by atoms with van der Waals surface area (Å²) in [5, 5.41) is 4.58. The first-order valence-electron chi connectivity index (χ1n) is 14.6. The summed E-state index contributed by atoms with van der Waals surface area (Å²) in [5.74, 6) is -1.35. The van der Waals surface area contributed by atoms with E-state index >= 15 is 0 Å². The molecule has 1 aliphatic heterocycles. The Morgan fingerprint density at radius 3 is 2.32 bits per heavy atom. The van der Waals surface area contributed by atoms with Crippen molar-refractivity contribution in [3.05, 3.63) is 101 Å². The predicted octanol–water partition coefficient (Wildman–Crippen LogP) is 5.95. The molecule has 1 saturated heterocycles. The summed E-state index contributed by atoms with van der Waals surface area (Å²) < 4.78 is 13.4. The van der Waals surface area contributed by atoms with Crippen molar-refractivity contribution in [1.82, 2.24) is 14.8 Å². The zero-order valence-corrected chi connectivity index (χ0v) is 24.9. The molecular weight excluding hydrogens is 557 g/mol. The molecule has 0 bridgehead atoms. The standard InChI is InChI=1S/C35H34FN5O3/c1-20-25(5-4-6-29(20)39-34(43)21-7-10-23(36)11-8-21)26-13-14-28(33(37)42)32-31(26)27-12-9-22(19-30(27)38-32)35(44)41-17-15-24(16-18-41)40(2)3/h4-14,19,24,38H,15-18H2,1-3H3,(H2,37,42)(H,39,43). The van der Waals surface area contributed by atoms with Crippen molar-refractivity contribution >= 4 is 45.2 Å². The second-order valence-corrected chi connectivity index (χ2v) is 11.6. The molecule has 8 nitrogen and oxygen atoms in total. The third-order valence-electron chi connectivity index (χ3n) is 8.73. The Bertz CT molecular complexity index is 1920. The van der Waals surface area contributed by atoms with Crippen LogP contribution in [-0.4, -0.2) is 65.7 Å². The van der Waals surface area contributed by atoms with E-state index in [0.29, 0.717) is 47.0 Å². The molecule has 5 aromatic rings. The molecule has 1 aromatic heterocycles. The number of aromatic amines is 1. The first-order chi connectivity index (χ1) is 21.1. The molecule has 0 radical (unpaired) electrons. The van der Waals surface area contributed by atoms with Gasteiger partial charge in [0.25, 0.3) is 17.7 Å². The number of hydrogen-bond donors (Lipinski definition) is 3. The van der Waals surface area contributed by atoms with Gasteiger partial charge in [-0.15, -0.1) is 0 Å². The number of likely N-dealkylation sites (tertiary alicyclic amines) is 1. The fraction of sp³-hybridized carbons (Fsp3) is 0.229. The molecule has 2 heterocycles. The maximum absolute atomic E-state index is 13.5. The summed E-state index contributed by atoms with van der Waals surface area (Å²) in [6, 6.07) is 20.6. The lowest BCUT2D eigenvalue weighted by Crippen LogP contribution is -2.44. The SMILES string of the molecule is Cc1c(NC(=O)c2ccc(F)cc2)cccc1-c1ccc(C(N)=O)c2[nH]c3cc(C(=O)N4CCC(N(C)C)CC4)ccc3c12. The Balaban J connectivity index is 1.39. The maximum Gasteiger partial charge on any atom is 0.255 e. The molecule has 4 N–H and O–H groups in total. The van der Waals surface area contributed by atoms with Crippen molar-refractivity contribution in [2.45, 2.75) is 25.8 Å². The van der Waals surface area contributed by atoms with Crippen LogP contribution >= 0.6 is 0 Å². The monoisotopic (exact) mass is 591 g/mol. The van der Waals surface area contributed by atoms with Gasteiger partial charge in [-0.1, -0.05) is 24.3 Å². The molecule has 0 saturated carbocycles. The second-order valence-electron chi connectivity index (χ2n) is 11.6. The zero-order valence-electron chi connectivity index (χ0n) is 24.9. The Hall–Kier alpha value is -5.02. The van der Waals surface area contributed by atoms with Gasteiger partial charge in [-0.3, -0.25) is 14.4 Å². The summed E-state index contributed by atoms with van der Waals surface area (Å²) in [7, 11) is 4.14. The molecule has 44 heavy (non-hydrogen) atoms. The highest BCUT2D eigenvalue weighted by atomic mass is 19.1. The number of nitrogens with zero attached hydrogens (tertiary/aromatic N) is 2. The molecule has 0 spiro atoms. The van der Waals surface area contributed by atoms with Gasteiger partial charge in [0.2, 0.25) is 0 Å². The summed E-state index contributed by atoms with van der Waals surface area (Å²) in [5.41, 5.74) is 11.5. The highest BCUT2D eigenvalue weighted by molar-refractivity contribution is 6.20. The van der Waals surface area contributed by atoms with Crippen LogP contribution in [0.1, 0.15) is 49.5 Å². The molecule has 3 amide bonds. The summed E-state index contributed by atoms with van der Waals surface area (Å²) in [6.45, 7) is 3.32. The number of nitrogens with one attached hydrogen (secondary N) is 2. The molecule has 9 heteroatoms. The fourth-order valence-corrected chi connectivity index (χ4v) is 6.20. The predicted molar refractivity (Wildman–Crippen MR) is 171 cm³/mol. The lowest BCUT2D eigenvalue weighted by molar-refractivity contribution is 0.0663. The van der Waals surface area contributed by atoms with Gasteiger partial charge in [-0.2, -0.15) is 0 Å². The Kier molecular flexibility index (Phi) is 7.65. The maximum atomic E-state index is 13.5. The number of aromatic nitrogens is 1. The lowest BCUT2D eigenvalue weighted by atomic mass is 9.93. The number of primary amides is 1. The van der Waals surface area contributed by atoms with E-state index in [1.807, 2.05) is 54.3 Å². The van der Waals surface area contributed by atoms with E-state index in [0.717, 1.165) is 45.8 Å².